The number of nitrogens with one attached hydrogen (secondary N) is 1. The minimum Gasteiger partial charge on any atom is -0.354 e. The number of anilines is 1. The van der Waals surface area contributed by atoms with E-state index in [2.05, 4.69) is 15.5 Å². The van der Waals surface area contributed by atoms with Gasteiger partial charge in [-0.15, -0.1) is 10.2 Å². The maximum absolute atomic E-state index is 12.3. The molecule has 1 N–H and O–H groups in total. The molecule has 1 aliphatic heterocycles. The summed E-state index contributed by atoms with van der Waals surface area (Å²) in [5.74, 6) is 0.584. The molecule has 1 amide bonds. The van der Waals surface area contributed by atoms with Crippen molar-refractivity contribution in [3.63, 3.8) is 0 Å². The molecule has 7 nitrogen and oxygen atoms in total. The maximum atomic E-state index is 12.3. The third-order valence-corrected chi connectivity index (χ3v) is 6.40. The molecular weight excluding hydrogens is 352 g/mol. The predicted octanol–water partition coefficient (Wildman–Crippen LogP) is 1.59. The molecule has 1 saturated heterocycles. The Morgan fingerprint density at radius 2 is 1.92 bits per heavy atom. The Bertz CT molecular complexity index is 869. The summed E-state index contributed by atoms with van der Waals surface area (Å²) >= 11 is 0. The van der Waals surface area contributed by atoms with Gasteiger partial charge < -0.3 is 10.2 Å². The Kier molecular flexibility index (Phi) is 5.22. The smallest absolute Gasteiger partial charge is 0.272 e. The number of hydrogen-bond acceptors (Lipinski definition) is 6. The third kappa shape index (κ3) is 4.19. The molecule has 2 atom stereocenters. The van der Waals surface area contributed by atoms with Crippen molar-refractivity contribution in [2.45, 2.75) is 25.4 Å². The zero-order chi connectivity index (χ0) is 18.7. The fourth-order valence-electron chi connectivity index (χ4n) is 3.00. The van der Waals surface area contributed by atoms with E-state index in [1.165, 1.54) is 0 Å². The summed E-state index contributed by atoms with van der Waals surface area (Å²) < 4.78 is 23.2. The van der Waals surface area contributed by atoms with Crippen molar-refractivity contribution in [3.8, 4) is 0 Å². The van der Waals surface area contributed by atoms with Gasteiger partial charge in [-0.25, -0.2) is 8.42 Å². The van der Waals surface area contributed by atoms with E-state index >= 15 is 0 Å². The number of nitrogens with zero attached hydrogens (tertiary/aromatic N) is 3. The molecular formula is C18H22N4O3S. The van der Waals surface area contributed by atoms with Crippen molar-refractivity contribution < 1.29 is 13.2 Å². The standard InChI is InChI=1S/C18H22N4O3S/c1-13(14-6-4-3-5-7-14)19-18(23)16-8-9-17(21-20-16)22(2)15-10-11-26(24,25)12-15/h3-9,13,15H,10-12H2,1-2H3,(H,19,23). The lowest BCUT2D eigenvalue weighted by molar-refractivity contribution is 0.0934. The van der Waals surface area contributed by atoms with Gasteiger partial charge in [0.25, 0.3) is 5.91 Å². The molecule has 1 fully saturated rings. The van der Waals surface area contributed by atoms with E-state index in [0.717, 1.165) is 5.56 Å². The van der Waals surface area contributed by atoms with Crippen molar-refractivity contribution in [1.82, 2.24) is 15.5 Å². The van der Waals surface area contributed by atoms with Crippen LogP contribution < -0.4 is 10.2 Å². The van der Waals surface area contributed by atoms with Crippen molar-refractivity contribution in [1.29, 1.82) is 0 Å². The highest BCUT2D eigenvalue weighted by molar-refractivity contribution is 7.91. The average molecular weight is 374 g/mol. The van der Waals surface area contributed by atoms with Crippen LogP contribution in [-0.2, 0) is 9.84 Å². The van der Waals surface area contributed by atoms with E-state index in [1.807, 2.05) is 42.2 Å². The fourth-order valence-corrected chi connectivity index (χ4v) is 4.77. The van der Waals surface area contributed by atoms with E-state index < -0.39 is 9.84 Å². The number of hydrogen-bond donors (Lipinski definition) is 1. The topological polar surface area (TPSA) is 92.3 Å². The molecule has 26 heavy (non-hydrogen) atoms. The van der Waals surface area contributed by atoms with Gasteiger partial charge in [0.1, 0.15) is 0 Å². The summed E-state index contributed by atoms with van der Waals surface area (Å²) in [6.07, 6.45) is 0.581. The first kappa shape index (κ1) is 18.3. The molecule has 1 aromatic heterocycles. The minimum absolute atomic E-state index is 0.105. The molecule has 0 saturated carbocycles. The zero-order valence-corrected chi connectivity index (χ0v) is 15.6. The molecule has 8 heteroatoms. The van der Waals surface area contributed by atoms with Gasteiger partial charge in [0, 0.05) is 13.1 Å². The van der Waals surface area contributed by atoms with Crippen molar-refractivity contribution in [2.75, 3.05) is 23.5 Å². The second-order valence-corrected chi connectivity index (χ2v) is 8.78. The predicted molar refractivity (Wildman–Crippen MR) is 99.8 cm³/mol. The summed E-state index contributed by atoms with van der Waals surface area (Å²) in [6, 6.07) is 12.7. The van der Waals surface area contributed by atoms with E-state index in [9.17, 15) is 13.2 Å². The van der Waals surface area contributed by atoms with E-state index in [1.54, 1.807) is 19.2 Å². The Morgan fingerprint density at radius 3 is 2.50 bits per heavy atom. The molecule has 3 rings (SSSR count). The summed E-state index contributed by atoms with van der Waals surface area (Å²) in [4.78, 5) is 14.2. The van der Waals surface area contributed by atoms with E-state index in [4.69, 9.17) is 0 Å². The number of amides is 1. The average Bonchev–Trinajstić information content (AvgIpc) is 3.01. The number of rotatable bonds is 5. The second-order valence-electron chi connectivity index (χ2n) is 6.55. The van der Waals surface area contributed by atoms with Gasteiger partial charge in [-0.1, -0.05) is 30.3 Å². The van der Waals surface area contributed by atoms with Gasteiger partial charge in [0.05, 0.1) is 17.5 Å². The quantitative estimate of drug-likeness (QED) is 0.854. The molecule has 1 aliphatic rings. The Labute approximate surface area is 153 Å². The zero-order valence-electron chi connectivity index (χ0n) is 14.8. The molecule has 1 aromatic carbocycles. The van der Waals surface area contributed by atoms with Crippen molar-refractivity contribution in [3.05, 3.63) is 53.7 Å². The van der Waals surface area contributed by atoms with Crippen LogP contribution in [0.1, 0.15) is 35.4 Å². The summed E-state index contributed by atoms with van der Waals surface area (Å²) in [5.41, 5.74) is 1.23. The van der Waals surface area contributed by atoms with Crippen LogP contribution in [-0.4, -0.2) is 49.1 Å². The SMILES string of the molecule is CC(NC(=O)c1ccc(N(C)C2CCS(=O)(=O)C2)nn1)c1ccccc1. The highest BCUT2D eigenvalue weighted by Gasteiger charge is 2.31. The first-order chi connectivity index (χ1) is 12.4. The van der Waals surface area contributed by atoms with Crippen LogP contribution in [0.5, 0.6) is 0 Å². The van der Waals surface area contributed by atoms with Gasteiger partial charge in [-0.05, 0) is 31.0 Å². The number of sulfone groups is 1. The van der Waals surface area contributed by atoms with Crippen molar-refractivity contribution >= 4 is 21.6 Å². The Morgan fingerprint density at radius 1 is 1.19 bits per heavy atom. The van der Waals surface area contributed by atoms with Crippen LogP contribution in [0, 0.1) is 0 Å². The second kappa shape index (κ2) is 7.41. The number of aromatic nitrogens is 2. The van der Waals surface area contributed by atoms with Gasteiger partial charge in [-0.3, -0.25) is 4.79 Å². The van der Waals surface area contributed by atoms with Crippen LogP contribution in [0.3, 0.4) is 0 Å². The lowest BCUT2D eigenvalue weighted by atomic mass is 10.1. The molecule has 138 valence electrons. The lowest BCUT2D eigenvalue weighted by Gasteiger charge is -2.23. The van der Waals surface area contributed by atoms with Gasteiger partial charge in [0.2, 0.25) is 0 Å². The molecule has 0 bridgehead atoms. The molecule has 0 radical (unpaired) electrons. The van der Waals surface area contributed by atoms with E-state index in [0.29, 0.717) is 12.2 Å². The number of benzene rings is 1. The molecule has 0 spiro atoms. The molecule has 2 unspecified atom stereocenters. The van der Waals surface area contributed by atoms with Crippen LogP contribution >= 0.6 is 0 Å². The number of carbonyl (C=O) groups is 1. The Hall–Kier alpha value is -2.48. The first-order valence-electron chi connectivity index (χ1n) is 8.48. The lowest BCUT2D eigenvalue weighted by Crippen LogP contribution is -2.33. The molecule has 2 aromatic rings. The van der Waals surface area contributed by atoms with Crippen molar-refractivity contribution in [2.24, 2.45) is 0 Å². The summed E-state index contributed by atoms with van der Waals surface area (Å²) in [7, 11) is -1.17. The fraction of sp³-hybridized carbons (Fsp3) is 0.389. The monoisotopic (exact) mass is 374 g/mol. The maximum Gasteiger partial charge on any atom is 0.272 e. The van der Waals surface area contributed by atoms with Crippen LogP contribution in [0.15, 0.2) is 42.5 Å². The normalized spacial score (nSPS) is 19.7. The Balaban J connectivity index is 1.64. The van der Waals surface area contributed by atoms with Gasteiger partial charge in [-0.2, -0.15) is 0 Å². The van der Waals surface area contributed by atoms with Crippen LogP contribution in [0.25, 0.3) is 0 Å². The number of carbonyl (C=O) groups excluding carboxylic acids is 1. The van der Waals surface area contributed by atoms with E-state index in [-0.39, 0.29) is 35.2 Å². The highest BCUT2D eigenvalue weighted by Crippen LogP contribution is 2.21. The first-order valence-corrected chi connectivity index (χ1v) is 10.3. The summed E-state index contributed by atoms with van der Waals surface area (Å²) in [6.45, 7) is 1.91. The third-order valence-electron chi connectivity index (χ3n) is 4.65. The van der Waals surface area contributed by atoms with Gasteiger partial charge >= 0.3 is 0 Å². The van der Waals surface area contributed by atoms with Crippen LogP contribution in [0.4, 0.5) is 5.82 Å². The highest BCUT2D eigenvalue weighted by atomic mass is 32.2. The minimum atomic E-state index is -2.96. The summed E-state index contributed by atoms with van der Waals surface area (Å²) in [5, 5.41) is 11.0. The van der Waals surface area contributed by atoms with Gasteiger partial charge in [0.15, 0.2) is 21.3 Å². The molecule has 2 heterocycles. The largest absolute Gasteiger partial charge is 0.354 e. The van der Waals surface area contributed by atoms with Crippen LogP contribution in [0.2, 0.25) is 0 Å². The molecule has 0 aliphatic carbocycles.